The van der Waals surface area contributed by atoms with E-state index in [9.17, 15) is 0 Å². The van der Waals surface area contributed by atoms with E-state index in [-0.39, 0.29) is 6.61 Å². The minimum Gasteiger partial charge on any atom is -0.395 e. The van der Waals surface area contributed by atoms with Crippen LogP contribution in [0.5, 0.6) is 0 Å². The summed E-state index contributed by atoms with van der Waals surface area (Å²) in [7, 11) is 0. The van der Waals surface area contributed by atoms with E-state index in [0.717, 1.165) is 42.5 Å². The smallest absolute Gasteiger partial charge is 0.0863 e. The molecule has 0 saturated heterocycles. The van der Waals surface area contributed by atoms with Gasteiger partial charge in [-0.3, -0.25) is 9.58 Å². The van der Waals surface area contributed by atoms with Crippen molar-refractivity contribution in [1.29, 1.82) is 0 Å². The second-order valence-electron chi connectivity index (χ2n) is 3.97. The van der Waals surface area contributed by atoms with E-state index < -0.39 is 0 Å². The van der Waals surface area contributed by atoms with Gasteiger partial charge in [0.1, 0.15) is 0 Å². The predicted octanol–water partition coefficient (Wildman–Crippen LogP) is 1.93. The molecule has 0 spiro atoms. The number of aryl methyl sites for hydroxylation is 2. The number of halogens is 1. The zero-order valence-electron chi connectivity index (χ0n) is 10.9. The first-order valence-electron chi connectivity index (χ1n) is 6.25. The Morgan fingerprint density at radius 1 is 1.35 bits per heavy atom. The van der Waals surface area contributed by atoms with Crippen molar-refractivity contribution in [2.24, 2.45) is 0 Å². The monoisotopic (exact) mass is 259 g/mol. The van der Waals surface area contributed by atoms with Gasteiger partial charge in [0.15, 0.2) is 0 Å². The van der Waals surface area contributed by atoms with Gasteiger partial charge in [0, 0.05) is 19.6 Å². The lowest BCUT2D eigenvalue weighted by atomic mass is 10.3. The molecule has 0 bridgehead atoms. The van der Waals surface area contributed by atoms with Crippen LogP contribution < -0.4 is 0 Å². The molecule has 1 rings (SSSR count). The van der Waals surface area contributed by atoms with Crippen molar-refractivity contribution < 1.29 is 5.11 Å². The van der Waals surface area contributed by atoms with Gasteiger partial charge >= 0.3 is 0 Å². The molecule has 0 amide bonds. The van der Waals surface area contributed by atoms with Gasteiger partial charge < -0.3 is 5.11 Å². The van der Waals surface area contributed by atoms with Crippen LogP contribution in [-0.4, -0.2) is 39.5 Å². The first kappa shape index (κ1) is 14.5. The van der Waals surface area contributed by atoms with Crippen LogP contribution in [0.15, 0.2) is 0 Å². The Labute approximate surface area is 108 Å². The Hall–Kier alpha value is -0.580. The van der Waals surface area contributed by atoms with Gasteiger partial charge in [-0.2, -0.15) is 5.10 Å². The lowest BCUT2D eigenvalue weighted by Crippen LogP contribution is -2.27. The fourth-order valence-electron chi connectivity index (χ4n) is 1.87. The molecule has 1 aromatic heterocycles. The molecule has 0 aliphatic heterocycles. The zero-order chi connectivity index (χ0) is 12.8. The van der Waals surface area contributed by atoms with E-state index in [0.29, 0.717) is 6.54 Å². The topological polar surface area (TPSA) is 41.3 Å². The van der Waals surface area contributed by atoms with Gasteiger partial charge in [-0.05, 0) is 19.9 Å². The highest BCUT2D eigenvalue weighted by atomic mass is 35.5. The fourth-order valence-corrected chi connectivity index (χ4v) is 2.20. The fraction of sp³-hybridized carbons (Fsp3) is 0.750. The van der Waals surface area contributed by atoms with E-state index in [1.807, 2.05) is 4.68 Å². The van der Waals surface area contributed by atoms with Crippen LogP contribution in [-0.2, 0) is 19.5 Å². The third-order valence-corrected chi connectivity index (χ3v) is 3.37. The molecule has 0 atom stereocenters. The molecular weight excluding hydrogens is 238 g/mol. The highest BCUT2D eigenvalue weighted by Crippen LogP contribution is 2.22. The van der Waals surface area contributed by atoms with Crippen LogP contribution in [0.25, 0.3) is 0 Å². The Bertz CT molecular complexity index is 352. The maximum atomic E-state index is 9.00. The van der Waals surface area contributed by atoms with E-state index >= 15 is 0 Å². The second kappa shape index (κ2) is 6.99. The number of hydrogen-bond donors (Lipinski definition) is 1. The number of aliphatic hydroxyl groups is 1. The van der Waals surface area contributed by atoms with Crippen LogP contribution in [0, 0.1) is 0 Å². The number of aromatic nitrogens is 2. The number of hydrogen-bond acceptors (Lipinski definition) is 3. The van der Waals surface area contributed by atoms with Gasteiger partial charge in [0.05, 0.1) is 23.0 Å². The maximum Gasteiger partial charge on any atom is 0.0863 e. The minimum absolute atomic E-state index is 0.173. The molecule has 0 fully saturated rings. The lowest BCUT2D eigenvalue weighted by Gasteiger charge is -2.19. The van der Waals surface area contributed by atoms with E-state index in [1.165, 1.54) is 0 Å². The average Bonchev–Trinajstić information content (AvgIpc) is 2.65. The largest absolute Gasteiger partial charge is 0.395 e. The minimum atomic E-state index is 0.173. The van der Waals surface area contributed by atoms with Crippen molar-refractivity contribution in [3.05, 3.63) is 16.4 Å². The molecule has 1 N–H and O–H groups in total. The molecule has 0 aliphatic carbocycles. The van der Waals surface area contributed by atoms with Crippen LogP contribution in [0.3, 0.4) is 0 Å². The van der Waals surface area contributed by atoms with E-state index in [1.54, 1.807) is 0 Å². The van der Waals surface area contributed by atoms with Gasteiger partial charge in [0.25, 0.3) is 0 Å². The van der Waals surface area contributed by atoms with Crippen molar-refractivity contribution in [1.82, 2.24) is 14.7 Å². The quantitative estimate of drug-likeness (QED) is 0.814. The summed E-state index contributed by atoms with van der Waals surface area (Å²) >= 11 is 6.34. The normalized spacial score (nSPS) is 11.4. The van der Waals surface area contributed by atoms with Crippen molar-refractivity contribution in [3.8, 4) is 0 Å². The highest BCUT2D eigenvalue weighted by molar-refractivity contribution is 6.31. The van der Waals surface area contributed by atoms with Gasteiger partial charge in [-0.1, -0.05) is 25.4 Å². The predicted molar refractivity (Wildman–Crippen MR) is 70.3 cm³/mol. The molecular formula is C12H22ClN3O. The van der Waals surface area contributed by atoms with Crippen molar-refractivity contribution >= 4 is 11.6 Å². The number of aliphatic hydroxyl groups excluding tert-OH is 1. The molecule has 98 valence electrons. The van der Waals surface area contributed by atoms with Gasteiger partial charge in [-0.15, -0.1) is 0 Å². The Morgan fingerprint density at radius 3 is 2.53 bits per heavy atom. The van der Waals surface area contributed by atoms with E-state index in [2.05, 4.69) is 30.8 Å². The Morgan fingerprint density at radius 2 is 2.06 bits per heavy atom. The average molecular weight is 260 g/mol. The molecule has 5 heteroatoms. The molecule has 0 saturated carbocycles. The molecule has 4 nitrogen and oxygen atoms in total. The molecule has 0 aromatic carbocycles. The second-order valence-corrected chi connectivity index (χ2v) is 4.35. The maximum absolute atomic E-state index is 9.00. The summed E-state index contributed by atoms with van der Waals surface area (Å²) in [5.41, 5.74) is 2.02. The highest BCUT2D eigenvalue weighted by Gasteiger charge is 2.16. The van der Waals surface area contributed by atoms with Crippen LogP contribution in [0.1, 0.15) is 32.2 Å². The molecule has 1 aromatic rings. The SMILES string of the molecule is CCc1nn(CC)c(CN(CC)CCO)c1Cl. The number of likely N-dealkylation sites (N-methyl/N-ethyl adjacent to an activating group) is 1. The summed E-state index contributed by atoms with van der Waals surface area (Å²) in [6.45, 7) is 9.51. The van der Waals surface area contributed by atoms with Gasteiger partial charge in [-0.25, -0.2) is 0 Å². The third kappa shape index (κ3) is 3.44. The van der Waals surface area contributed by atoms with Gasteiger partial charge in [0.2, 0.25) is 0 Å². The van der Waals surface area contributed by atoms with Crippen molar-refractivity contribution in [3.63, 3.8) is 0 Å². The molecule has 0 radical (unpaired) electrons. The third-order valence-electron chi connectivity index (χ3n) is 2.93. The van der Waals surface area contributed by atoms with Crippen LogP contribution in [0.2, 0.25) is 5.02 Å². The number of rotatable bonds is 7. The standard InChI is InChI=1S/C12H22ClN3O/c1-4-10-12(13)11(16(6-3)14-10)9-15(5-2)7-8-17/h17H,4-9H2,1-3H3. The van der Waals surface area contributed by atoms with E-state index in [4.69, 9.17) is 16.7 Å². The molecule has 0 unspecified atom stereocenters. The summed E-state index contributed by atoms with van der Waals surface area (Å²) in [5.74, 6) is 0. The Balaban J connectivity index is 2.91. The molecule has 0 aliphatic rings. The van der Waals surface area contributed by atoms with Crippen molar-refractivity contribution in [2.45, 2.75) is 40.3 Å². The number of nitrogens with zero attached hydrogens (tertiary/aromatic N) is 3. The summed E-state index contributed by atoms with van der Waals surface area (Å²) in [5, 5.41) is 14.3. The van der Waals surface area contributed by atoms with Crippen LogP contribution >= 0.6 is 11.6 Å². The first-order valence-corrected chi connectivity index (χ1v) is 6.62. The summed E-state index contributed by atoms with van der Waals surface area (Å²) in [4.78, 5) is 2.16. The summed E-state index contributed by atoms with van der Waals surface area (Å²) in [6, 6.07) is 0. The molecule has 1 heterocycles. The molecule has 17 heavy (non-hydrogen) atoms. The summed E-state index contributed by atoms with van der Waals surface area (Å²) < 4.78 is 1.96. The Kier molecular flexibility index (Phi) is 5.95. The lowest BCUT2D eigenvalue weighted by molar-refractivity contribution is 0.193. The summed E-state index contributed by atoms with van der Waals surface area (Å²) in [6.07, 6.45) is 0.852. The van der Waals surface area contributed by atoms with Crippen molar-refractivity contribution in [2.75, 3.05) is 19.7 Å². The first-order chi connectivity index (χ1) is 8.17. The van der Waals surface area contributed by atoms with Crippen LogP contribution in [0.4, 0.5) is 0 Å². The zero-order valence-corrected chi connectivity index (χ0v) is 11.7.